The van der Waals surface area contributed by atoms with Crippen molar-refractivity contribution in [3.63, 3.8) is 0 Å². The van der Waals surface area contributed by atoms with E-state index in [4.69, 9.17) is 17.4 Å². The van der Waals surface area contributed by atoms with Gasteiger partial charge in [-0.15, -0.1) is 24.2 Å². The zero-order valence-corrected chi connectivity index (χ0v) is 8.11. The minimum Gasteiger partial charge on any atom is -0.308 e. The fourth-order valence-electron chi connectivity index (χ4n) is 0.543. The van der Waals surface area contributed by atoms with Crippen LogP contribution >= 0.6 is 35.8 Å². The number of nitrogens with two attached hydrogens (primary N) is 1. The second-order valence-corrected chi connectivity index (χ2v) is 2.74. The van der Waals surface area contributed by atoms with Crippen LogP contribution in [-0.4, -0.2) is 16.5 Å². The molecule has 4 N–H and O–H groups in total. The number of hydrogen-bond donors (Lipinski definition) is 3. The van der Waals surface area contributed by atoms with Crippen molar-refractivity contribution >= 4 is 41.6 Å². The van der Waals surface area contributed by atoms with E-state index in [9.17, 15) is 0 Å². The molecule has 0 amide bonds. The van der Waals surface area contributed by atoms with Gasteiger partial charge < -0.3 is 5.43 Å². The SMILES string of the molecule is CSc1n[nH]c(NN)c1Cl.Cl. The van der Waals surface area contributed by atoms with E-state index in [0.29, 0.717) is 10.8 Å². The lowest BCUT2D eigenvalue weighted by Crippen LogP contribution is -2.07. The van der Waals surface area contributed by atoms with Gasteiger partial charge in [0.05, 0.1) is 0 Å². The van der Waals surface area contributed by atoms with Crippen molar-refractivity contribution in [2.24, 2.45) is 5.84 Å². The maximum atomic E-state index is 5.77. The number of aromatic amines is 1. The van der Waals surface area contributed by atoms with Gasteiger partial charge in [0.1, 0.15) is 10.0 Å². The zero-order valence-electron chi connectivity index (χ0n) is 5.72. The largest absolute Gasteiger partial charge is 0.308 e. The Balaban J connectivity index is 0.000001000. The van der Waals surface area contributed by atoms with Crippen LogP contribution in [0.5, 0.6) is 0 Å². The van der Waals surface area contributed by atoms with E-state index in [1.165, 1.54) is 11.8 Å². The van der Waals surface area contributed by atoms with E-state index in [1.807, 2.05) is 6.26 Å². The Hall–Kier alpha value is -0.100. The average molecular weight is 215 g/mol. The molecule has 0 aromatic carbocycles. The molecule has 0 spiro atoms. The number of halogens is 2. The number of rotatable bonds is 2. The number of nitrogen functional groups attached to an aromatic ring is 1. The predicted octanol–water partition coefficient (Wildman–Crippen LogP) is 1.49. The molecule has 0 aliphatic heterocycles. The predicted molar refractivity (Wildman–Crippen MR) is 50.4 cm³/mol. The second-order valence-electron chi connectivity index (χ2n) is 1.57. The molecule has 64 valence electrons. The molecule has 0 aliphatic carbocycles. The first-order valence-corrected chi connectivity index (χ1v) is 4.14. The van der Waals surface area contributed by atoms with Gasteiger partial charge in [-0.2, -0.15) is 5.10 Å². The number of anilines is 1. The molecule has 0 unspecified atom stereocenters. The van der Waals surface area contributed by atoms with Gasteiger partial charge in [0.2, 0.25) is 0 Å². The molecule has 0 fully saturated rings. The highest BCUT2D eigenvalue weighted by Gasteiger charge is 2.07. The summed E-state index contributed by atoms with van der Waals surface area (Å²) in [6.07, 6.45) is 1.89. The van der Waals surface area contributed by atoms with Crippen molar-refractivity contribution in [2.75, 3.05) is 11.7 Å². The van der Waals surface area contributed by atoms with Gasteiger partial charge in [0, 0.05) is 0 Å². The third-order valence-corrected chi connectivity index (χ3v) is 2.18. The monoisotopic (exact) mass is 214 g/mol. The summed E-state index contributed by atoms with van der Waals surface area (Å²) in [6, 6.07) is 0. The minimum atomic E-state index is 0. The lowest BCUT2D eigenvalue weighted by molar-refractivity contribution is 1.00. The van der Waals surface area contributed by atoms with Gasteiger partial charge in [0.25, 0.3) is 0 Å². The molecule has 7 heteroatoms. The lowest BCUT2D eigenvalue weighted by atomic mass is 10.6. The van der Waals surface area contributed by atoms with Crippen LogP contribution in [0.4, 0.5) is 5.82 Å². The molecule has 0 saturated carbocycles. The molecule has 4 nitrogen and oxygen atoms in total. The summed E-state index contributed by atoms with van der Waals surface area (Å²) in [5, 5.41) is 7.79. The summed E-state index contributed by atoms with van der Waals surface area (Å²) in [5.74, 6) is 5.65. The summed E-state index contributed by atoms with van der Waals surface area (Å²) in [6.45, 7) is 0. The second kappa shape index (κ2) is 4.71. The molecule has 1 aromatic rings. The molecule has 1 heterocycles. The summed E-state index contributed by atoms with van der Waals surface area (Å²) in [5.41, 5.74) is 2.39. The van der Waals surface area contributed by atoms with Crippen LogP contribution in [0.25, 0.3) is 0 Å². The first-order chi connectivity index (χ1) is 4.79. The van der Waals surface area contributed by atoms with Crippen molar-refractivity contribution in [2.45, 2.75) is 5.03 Å². The van der Waals surface area contributed by atoms with Crippen LogP contribution < -0.4 is 11.3 Å². The molecule has 0 radical (unpaired) electrons. The molecule has 1 rings (SSSR count). The number of hydrazine groups is 1. The van der Waals surface area contributed by atoms with Crippen molar-refractivity contribution in [1.29, 1.82) is 0 Å². The molecule has 1 aromatic heterocycles. The number of aromatic nitrogens is 2. The Kier molecular flexibility index (Phi) is 4.67. The minimum absolute atomic E-state index is 0. The number of H-pyrrole nitrogens is 1. The van der Waals surface area contributed by atoms with Gasteiger partial charge in [-0.3, -0.25) is 5.10 Å². The van der Waals surface area contributed by atoms with E-state index < -0.39 is 0 Å². The topological polar surface area (TPSA) is 66.7 Å². The number of hydrogen-bond acceptors (Lipinski definition) is 4. The van der Waals surface area contributed by atoms with E-state index >= 15 is 0 Å². The van der Waals surface area contributed by atoms with Gasteiger partial charge in [0.15, 0.2) is 5.82 Å². The van der Waals surface area contributed by atoms with E-state index in [0.717, 1.165) is 5.03 Å². The van der Waals surface area contributed by atoms with Crippen LogP contribution in [0.1, 0.15) is 0 Å². The van der Waals surface area contributed by atoms with E-state index in [1.54, 1.807) is 0 Å². The quantitative estimate of drug-likeness (QED) is 0.397. The van der Waals surface area contributed by atoms with E-state index in [-0.39, 0.29) is 12.4 Å². The summed E-state index contributed by atoms with van der Waals surface area (Å²) in [4.78, 5) is 0. The standard InChI is InChI=1S/C4H7ClN4S.ClH/c1-10-4-2(5)3(7-6)8-9-4;/h6H2,1H3,(H2,7,8,9);1H. The third-order valence-electron chi connectivity index (χ3n) is 1.01. The number of thioether (sulfide) groups is 1. The van der Waals surface area contributed by atoms with Crippen molar-refractivity contribution < 1.29 is 0 Å². The van der Waals surface area contributed by atoms with Crippen molar-refractivity contribution in [3.8, 4) is 0 Å². The average Bonchev–Trinajstić information content (AvgIpc) is 2.30. The normalized spacial score (nSPS) is 9.00. The fourth-order valence-corrected chi connectivity index (χ4v) is 1.33. The van der Waals surface area contributed by atoms with Gasteiger partial charge in [-0.05, 0) is 6.26 Å². The number of nitrogens with zero attached hydrogens (tertiary/aromatic N) is 1. The summed E-state index contributed by atoms with van der Waals surface area (Å²) >= 11 is 7.23. The van der Waals surface area contributed by atoms with Crippen LogP contribution in [0.2, 0.25) is 5.02 Å². The maximum absolute atomic E-state index is 5.77. The maximum Gasteiger partial charge on any atom is 0.156 e. The molecular weight excluding hydrogens is 207 g/mol. The smallest absolute Gasteiger partial charge is 0.156 e. The van der Waals surface area contributed by atoms with Crippen molar-refractivity contribution in [1.82, 2.24) is 10.2 Å². The highest BCUT2D eigenvalue weighted by Crippen LogP contribution is 2.28. The van der Waals surface area contributed by atoms with Crippen LogP contribution in [0.15, 0.2) is 5.03 Å². The Morgan fingerprint density at radius 1 is 1.73 bits per heavy atom. The third kappa shape index (κ3) is 2.16. The molecule has 0 atom stereocenters. The van der Waals surface area contributed by atoms with Gasteiger partial charge in [-0.1, -0.05) is 11.6 Å². The van der Waals surface area contributed by atoms with Crippen LogP contribution in [-0.2, 0) is 0 Å². The van der Waals surface area contributed by atoms with E-state index in [2.05, 4.69) is 15.6 Å². The van der Waals surface area contributed by atoms with Gasteiger partial charge >= 0.3 is 0 Å². The highest BCUT2D eigenvalue weighted by molar-refractivity contribution is 7.98. The molecule has 11 heavy (non-hydrogen) atoms. The first kappa shape index (κ1) is 10.9. The fraction of sp³-hybridized carbons (Fsp3) is 0.250. The molecule has 0 bridgehead atoms. The zero-order chi connectivity index (χ0) is 7.56. The van der Waals surface area contributed by atoms with Crippen molar-refractivity contribution in [3.05, 3.63) is 5.02 Å². The molecular formula is C4H8Cl2N4S. The molecule has 0 saturated heterocycles. The highest BCUT2D eigenvalue weighted by atomic mass is 35.5. The van der Waals surface area contributed by atoms with Crippen LogP contribution in [0.3, 0.4) is 0 Å². The summed E-state index contributed by atoms with van der Waals surface area (Å²) in [7, 11) is 0. The van der Waals surface area contributed by atoms with Crippen LogP contribution in [0, 0.1) is 0 Å². The lowest BCUT2D eigenvalue weighted by Gasteiger charge is -1.92. The van der Waals surface area contributed by atoms with Gasteiger partial charge in [-0.25, -0.2) is 5.84 Å². The number of nitrogens with one attached hydrogen (secondary N) is 2. The Labute approximate surface area is 79.6 Å². The summed E-state index contributed by atoms with van der Waals surface area (Å²) < 4.78 is 0. The Morgan fingerprint density at radius 2 is 2.36 bits per heavy atom. The molecule has 0 aliphatic rings. The Bertz CT molecular complexity index is 204. The first-order valence-electron chi connectivity index (χ1n) is 2.54. The Morgan fingerprint density at radius 3 is 2.64 bits per heavy atom.